The minimum absolute atomic E-state index is 0. The van der Waals surface area contributed by atoms with Gasteiger partial charge in [0.05, 0.1) is 14.2 Å². The van der Waals surface area contributed by atoms with E-state index in [0.29, 0.717) is 28.5 Å². The van der Waals surface area contributed by atoms with Crippen LogP contribution in [0.4, 0.5) is 0 Å². The fraction of sp³-hybridized carbons (Fsp3) is 0.200. The Kier molecular flexibility index (Phi) is 6.08. The lowest BCUT2D eigenvalue weighted by Gasteiger charge is -2.11. The Bertz CT molecular complexity index is 569. The van der Waals surface area contributed by atoms with Gasteiger partial charge in [0.2, 0.25) is 0 Å². The average molecular weight is 290 g/mol. The maximum absolute atomic E-state index is 9.01. The molecule has 0 spiro atoms. The largest absolute Gasteiger partial charge is 0.493 e. The van der Waals surface area contributed by atoms with Crippen molar-refractivity contribution in [1.29, 1.82) is 0 Å². The Morgan fingerprint density at radius 1 is 0.810 bits per heavy atom. The Morgan fingerprint density at radius 3 is 1.90 bits per heavy atom. The van der Waals surface area contributed by atoms with E-state index in [9.17, 15) is 0 Å². The van der Waals surface area contributed by atoms with E-state index in [1.54, 1.807) is 56.7 Å². The molecule has 0 radical (unpaired) electrons. The zero-order valence-corrected chi connectivity index (χ0v) is 11.2. The fourth-order valence-corrected chi connectivity index (χ4v) is 1.72. The highest BCUT2D eigenvalue weighted by Gasteiger charge is 2.10. The normalized spacial score (nSPS) is 9.52. The topological polar surface area (TPSA) is 68.2 Å². The number of benzene rings is 2. The van der Waals surface area contributed by atoms with E-state index < -0.39 is 7.12 Å². The molecule has 0 saturated carbocycles. The summed E-state index contributed by atoms with van der Waals surface area (Å²) in [6, 6.07) is 11.7. The van der Waals surface area contributed by atoms with Gasteiger partial charge in [-0.1, -0.05) is 19.6 Å². The lowest BCUT2D eigenvalue weighted by molar-refractivity contribution is 0.352. The van der Waals surface area contributed by atoms with Crippen LogP contribution < -0.4 is 19.7 Å². The van der Waals surface area contributed by atoms with Crippen molar-refractivity contribution in [3.63, 3.8) is 0 Å². The minimum atomic E-state index is -1.48. The van der Waals surface area contributed by atoms with Crippen molar-refractivity contribution in [2.45, 2.75) is 7.43 Å². The summed E-state index contributed by atoms with van der Waals surface area (Å²) in [6.45, 7) is 0. The maximum atomic E-state index is 9.01. The van der Waals surface area contributed by atoms with Crippen LogP contribution in [0.5, 0.6) is 23.0 Å². The van der Waals surface area contributed by atoms with Crippen LogP contribution >= 0.6 is 0 Å². The van der Waals surface area contributed by atoms with Gasteiger partial charge in [0.25, 0.3) is 0 Å². The van der Waals surface area contributed by atoms with Gasteiger partial charge in [-0.25, -0.2) is 0 Å². The van der Waals surface area contributed by atoms with Crippen molar-refractivity contribution in [3.8, 4) is 23.0 Å². The molecule has 0 aromatic heterocycles. The van der Waals surface area contributed by atoms with Crippen LogP contribution in [0.3, 0.4) is 0 Å². The lowest BCUT2D eigenvalue weighted by Crippen LogP contribution is -2.29. The highest BCUT2D eigenvalue weighted by atomic mass is 16.5. The molecule has 0 fully saturated rings. The molecule has 5 nitrogen and oxygen atoms in total. The molecule has 0 aliphatic carbocycles. The van der Waals surface area contributed by atoms with E-state index >= 15 is 0 Å². The SMILES string of the molecule is C.COc1ccc(Oc2ccc(B(O)O)cc2)cc1OC. The summed E-state index contributed by atoms with van der Waals surface area (Å²) >= 11 is 0. The van der Waals surface area contributed by atoms with Crippen LogP contribution in [0.1, 0.15) is 7.43 Å². The first-order valence-corrected chi connectivity index (χ1v) is 6.00. The molecule has 2 aromatic rings. The summed E-state index contributed by atoms with van der Waals surface area (Å²) in [5, 5.41) is 18.0. The predicted molar refractivity (Wildman–Crippen MR) is 82.6 cm³/mol. The van der Waals surface area contributed by atoms with E-state index in [1.165, 1.54) is 0 Å². The molecule has 0 aliphatic heterocycles. The van der Waals surface area contributed by atoms with E-state index in [4.69, 9.17) is 24.3 Å². The van der Waals surface area contributed by atoms with Gasteiger partial charge in [0.1, 0.15) is 11.5 Å². The third kappa shape index (κ3) is 4.14. The number of hydrogen-bond acceptors (Lipinski definition) is 5. The molecule has 6 heteroatoms. The fourth-order valence-electron chi connectivity index (χ4n) is 1.72. The van der Waals surface area contributed by atoms with E-state index in [-0.39, 0.29) is 7.43 Å². The monoisotopic (exact) mass is 290 g/mol. The second kappa shape index (κ2) is 7.57. The van der Waals surface area contributed by atoms with Gasteiger partial charge in [-0.3, -0.25) is 0 Å². The molecule has 0 amide bonds. The van der Waals surface area contributed by atoms with Crippen LogP contribution in [0.15, 0.2) is 42.5 Å². The first-order chi connectivity index (χ1) is 9.63. The van der Waals surface area contributed by atoms with Gasteiger partial charge in [0.15, 0.2) is 11.5 Å². The highest BCUT2D eigenvalue weighted by molar-refractivity contribution is 6.58. The highest BCUT2D eigenvalue weighted by Crippen LogP contribution is 2.32. The van der Waals surface area contributed by atoms with Gasteiger partial charge in [-0.05, 0) is 29.7 Å². The van der Waals surface area contributed by atoms with Crippen molar-refractivity contribution in [1.82, 2.24) is 0 Å². The molecule has 21 heavy (non-hydrogen) atoms. The molecule has 0 atom stereocenters. The van der Waals surface area contributed by atoms with Crippen molar-refractivity contribution in [2.75, 3.05) is 14.2 Å². The second-order valence-corrected chi connectivity index (χ2v) is 4.06. The smallest absolute Gasteiger partial charge is 0.488 e. The molecule has 0 bridgehead atoms. The van der Waals surface area contributed by atoms with Gasteiger partial charge >= 0.3 is 7.12 Å². The number of rotatable bonds is 5. The first-order valence-electron chi connectivity index (χ1n) is 6.00. The van der Waals surface area contributed by atoms with Crippen LogP contribution in [-0.4, -0.2) is 31.4 Å². The molecular weight excluding hydrogens is 271 g/mol. The third-order valence-electron chi connectivity index (χ3n) is 2.77. The number of ether oxygens (including phenoxy) is 3. The van der Waals surface area contributed by atoms with Crippen molar-refractivity contribution in [3.05, 3.63) is 42.5 Å². The van der Waals surface area contributed by atoms with E-state index in [1.807, 2.05) is 0 Å². The molecule has 112 valence electrons. The molecule has 0 saturated heterocycles. The molecule has 0 aliphatic rings. The van der Waals surface area contributed by atoms with E-state index in [2.05, 4.69) is 0 Å². The molecule has 2 rings (SSSR count). The predicted octanol–water partition coefficient (Wildman–Crippen LogP) is 1.81. The van der Waals surface area contributed by atoms with Crippen molar-refractivity contribution in [2.24, 2.45) is 0 Å². The molecule has 0 heterocycles. The average Bonchev–Trinajstić information content (AvgIpc) is 2.47. The van der Waals surface area contributed by atoms with Crippen molar-refractivity contribution >= 4 is 12.6 Å². The standard InChI is InChI=1S/C14H15BO5.CH4/c1-18-13-8-7-12(9-14(13)19-2)20-11-5-3-10(4-6-11)15(16)17;/h3-9,16-17H,1-2H3;1H4. The van der Waals surface area contributed by atoms with Gasteiger partial charge in [-0.2, -0.15) is 0 Å². The van der Waals surface area contributed by atoms with Crippen LogP contribution in [-0.2, 0) is 0 Å². The molecule has 2 aromatic carbocycles. The van der Waals surface area contributed by atoms with Crippen LogP contribution in [0.25, 0.3) is 0 Å². The van der Waals surface area contributed by atoms with Crippen molar-refractivity contribution < 1.29 is 24.3 Å². The Balaban J connectivity index is 0.00000220. The lowest BCUT2D eigenvalue weighted by atomic mass is 9.80. The quantitative estimate of drug-likeness (QED) is 0.822. The second-order valence-electron chi connectivity index (χ2n) is 4.06. The summed E-state index contributed by atoms with van der Waals surface area (Å²) < 4.78 is 16.0. The molecule has 2 N–H and O–H groups in total. The minimum Gasteiger partial charge on any atom is -0.493 e. The summed E-state index contributed by atoms with van der Waals surface area (Å²) in [5.74, 6) is 2.38. The van der Waals surface area contributed by atoms with Crippen LogP contribution in [0.2, 0.25) is 0 Å². The van der Waals surface area contributed by atoms with Gasteiger partial charge in [-0.15, -0.1) is 0 Å². The first kappa shape index (κ1) is 16.9. The third-order valence-corrected chi connectivity index (χ3v) is 2.77. The van der Waals surface area contributed by atoms with Crippen LogP contribution in [0, 0.1) is 0 Å². The summed E-state index contributed by atoms with van der Waals surface area (Å²) in [7, 11) is 1.64. The summed E-state index contributed by atoms with van der Waals surface area (Å²) in [5.41, 5.74) is 0.407. The Labute approximate surface area is 124 Å². The number of methoxy groups -OCH3 is 2. The zero-order valence-electron chi connectivity index (χ0n) is 11.2. The molecule has 0 unspecified atom stereocenters. The summed E-state index contributed by atoms with van der Waals surface area (Å²) in [4.78, 5) is 0. The number of hydrogen-bond donors (Lipinski definition) is 2. The Hall–Kier alpha value is -2.18. The van der Waals surface area contributed by atoms with Gasteiger partial charge in [0, 0.05) is 6.07 Å². The zero-order chi connectivity index (χ0) is 14.5. The Morgan fingerprint density at radius 2 is 1.38 bits per heavy atom. The maximum Gasteiger partial charge on any atom is 0.488 e. The summed E-state index contributed by atoms with van der Waals surface area (Å²) in [6.07, 6.45) is 0. The van der Waals surface area contributed by atoms with E-state index in [0.717, 1.165) is 0 Å². The van der Waals surface area contributed by atoms with Gasteiger partial charge < -0.3 is 24.3 Å². The molecular formula is C15H19BO5.